The Balaban J connectivity index is 3.13. The maximum atomic E-state index is 12.0. The maximum absolute atomic E-state index is 12.0. The van der Waals surface area contributed by atoms with E-state index in [-0.39, 0.29) is 10.8 Å². The summed E-state index contributed by atoms with van der Waals surface area (Å²) in [4.78, 5) is 16.3. The molecule has 0 spiro atoms. The van der Waals surface area contributed by atoms with Gasteiger partial charge in [0.05, 0.1) is 12.0 Å². The standard InChI is InChI=1S/C11H16N2O4S/c1-4-12-11(14)9-6-5-7-10(8-9)18(15,16)13(2)17-3/h5-8H,4H2,1-3H3,(H,12,14). The van der Waals surface area contributed by atoms with E-state index in [1.165, 1.54) is 32.4 Å². The fraction of sp³-hybridized carbons (Fsp3) is 0.364. The molecule has 1 N–H and O–H groups in total. The number of hydrogen-bond acceptors (Lipinski definition) is 4. The van der Waals surface area contributed by atoms with Gasteiger partial charge >= 0.3 is 0 Å². The number of rotatable bonds is 5. The smallest absolute Gasteiger partial charge is 0.264 e. The van der Waals surface area contributed by atoms with Gasteiger partial charge in [-0.15, -0.1) is 0 Å². The molecule has 0 saturated carbocycles. The second-order valence-corrected chi connectivity index (χ2v) is 5.42. The highest BCUT2D eigenvalue weighted by Gasteiger charge is 2.21. The highest BCUT2D eigenvalue weighted by molar-refractivity contribution is 7.89. The van der Waals surface area contributed by atoms with Crippen molar-refractivity contribution in [1.82, 2.24) is 9.79 Å². The number of sulfonamides is 1. The summed E-state index contributed by atoms with van der Waals surface area (Å²) in [5.74, 6) is -0.311. The van der Waals surface area contributed by atoms with Crippen LogP contribution in [0.25, 0.3) is 0 Å². The molecule has 0 aliphatic carbocycles. The van der Waals surface area contributed by atoms with E-state index >= 15 is 0 Å². The monoisotopic (exact) mass is 272 g/mol. The fourth-order valence-electron chi connectivity index (χ4n) is 1.31. The number of hydroxylamine groups is 1. The Morgan fingerprint density at radius 3 is 2.67 bits per heavy atom. The van der Waals surface area contributed by atoms with Gasteiger partial charge in [-0.2, -0.15) is 0 Å². The van der Waals surface area contributed by atoms with Gasteiger partial charge in [0.2, 0.25) is 0 Å². The summed E-state index contributed by atoms with van der Waals surface area (Å²) in [5, 5.41) is 2.61. The number of amides is 1. The Kier molecular flexibility index (Phi) is 4.83. The van der Waals surface area contributed by atoms with Crippen LogP contribution < -0.4 is 5.32 Å². The van der Waals surface area contributed by atoms with E-state index in [0.29, 0.717) is 12.1 Å². The van der Waals surface area contributed by atoms with Crippen LogP contribution in [0.5, 0.6) is 0 Å². The summed E-state index contributed by atoms with van der Waals surface area (Å²) in [5.41, 5.74) is 0.294. The van der Waals surface area contributed by atoms with Gasteiger partial charge in [-0.3, -0.25) is 9.63 Å². The molecule has 1 aromatic rings. The minimum Gasteiger partial charge on any atom is -0.352 e. The Bertz CT molecular complexity index is 528. The minimum absolute atomic E-state index is 0.00982. The van der Waals surface area contributed by atoms with Gasteiger partial charge in [-0.1, -0.05) is 10.5 Å². The van der Waals surface area contributed by atoms with Crippen LogP contribution in [-0.2, 0) is 14.9 Å². The molecule has 18 heavy (non-hydrogen) atoms. The highest BCUT2D eigenvalue weighted by atomic mass is 32.2. The summed E-state index contributed by atoms with van der Waals surface area (Å²) in [7, 11) is -1.19. The first-order valence-corrected chi connectivity index (χ1v) is 6.78. The zero-order valence-electron chi connectivity index (χ0n) is 10.5. The van der Waals surface area contributed by atoms with Crippen molar-refractivity contribution < 1.29 is 18.0 Å². The van der Waals surface area contributed by atoms with Crippen molar-refractivity contribution in [3.05, 3.63) is 29.8 Å². The van der Waals surface area contributed by atoms with E-state index in [9.17, 15) is 13.2 Å². The highest BCUT2D eigenvalue weighted by Crippen LogP contribution is 2.15. The average Bonchev–Trinajstić information content (AvgIpc) is 2.38. The first-order chi connectivity index (χ1) is 8.43. The number of nitrogens with zero attached hydrogens (tertiary/aromatic N) is 1. The quantitative estimate of drug-likeness (QED) is 0.797. The van der Waals surface area contributed by atoms with E-state index in [1.54, 1.807) is 13.0 Å². The Hall–Kier alpha value is -1.44. The molecule has 0 aromatic heterocycles. The molecule has 7 heteroatoms. The van der Waals surface area contributed by atoms with Crippen molar-refractivity contribution in [2.75, 3.05) is 20.7 Å². The van der Waals surface area contributed by atoms with E-state index in [4.69, 9.17) is 0 Å². The van der Waals surface area contributed by atoms with E-state index in [2.05, 4.69) is 10.2 Å². The number of carbonyl (C=O) groups excluding carboxylic acids is 1. The summed E-state index contributed by atoms with van der Waals surface area (Å²) in [6.07, 6.45) is 0. The molecule has 1 amide bonds. The molecule has 0 heterocycles. The molecular formula is C11H16N2O4S. The lowest BCUT2D eigenvalue weighted by molar-refractivity contribution is -0.0258. The average molecular weight is 272 g/mol. The summed E-state index contributed by atoms with van der Waals surface area (Å²) < 4.78 is 24.7. The second-order valence-electron chi connectivity index (χ2n) is 3.48. The van der Waals surface area contributed by atoms with Crippen LogP contribution in [0.15, 0.2) is 29.2 Å². The number of hydrogen-bond donors (Lipinski definition) is 1. The van der Waals surface area contributed by atoms with Crippen LogP contribution in [0, 0.1) is 0 Å². The van der Waals surface area contributed by atoms with Crippen LogP contribution in [0.4, 0.5) is 0 Å². The van der Waals surface area contributed by atoms with E-state index in [0.717, 1.165) is 4.47 Å². The molecule has 1 aromatic carbocycles. The molecule has 0 aliphatic heterocycles. The van der Waals surface area contributed by atoms with Crippen molar-refractivity contribution in [1.29, 1.82) is 0 Å². The Morgan fingerprint density at radius 1 is 1.44 bits per heavy atom. The van der Waals surface area contributed by atoms with Gasteiger partial charge in [-0.25, -0.2) is 8.42 Å². The van der Waals surface area contributed by atoms with Crippen molar-refractivity contribution in [3.63, 3.8) is 0 Å². The molecule has 0 unspecified atom stereocenters. The van der Waals surface area contributed by atoms with Crippen LogP contribution in [-0.4, -0.2) is 39.5 Å². The summed E-state index contributed by atoms with van der Waals surface area (Å²) >= 11 is 0. The van der Waals surface area contributed by atoms with Gasteiger partial charge in [0.25, 0.3) is 15.9 Å². The third-order valence-corrected chi connectivity index (χ3v) is 4.00. The summed E-state index contributed by atoms with van der Waals surface area (Å²) in [6.45, 7) is 2.27. The third-order valence-electron chi connectivity index (χ3n) is 2.33. The lowest BCUT2D eigenvalue weighted by Crippen LogP contribution is -2.27. The van der Waals surface area contributed by atoms with E-state index in [1.807, 2.05) is 0 Å². The van der Waals surface area contributed by atoms with Crippen molar-refractivity contribution >= 4 is 15.9 Å². The molecule has 6 nitrogen and oxygen atoms in total. The molecule has 0 bridgehead atoms. The van der Waals surface area contributed by atoms with E-state index < -0.39 is 10.0 Å². The SMILES string of the molecule is CCNC(=O)c1cccc(S(=O)(=O)N(C)OC)c1. The van der Waals surface area contributed by atoms with Crippen LogP contribution >= 0.6 is 0 Å². The molecule has 1 rings (SSSR count). The predicted molar refractivity (Wildman–Crippen MR) is 66.4 cm³/mol. The van der Waals surface area contributed by atoms with Gasteiger partial charge in [0.1, 0.15) is 0 Å². The molecule has 0 fully saturated rings. The predicted octanol–water partition coefficient (Wildman–Crippen LogP) is 0.618. The van der Waals surface area contributed by atoms with Gasteiger partial charge < -0.3 is 5.32 Å². The lowest BCUT2D eigenvalue weighted by Gasteiger charge is -2.14. The Labute approximate surface area is 107 Å². The normalized spacial score (nSPS) is 11.6. The molecule has 0 aliphatic rings. The molecule has 0 saturated heterocycles. The largest absolute Gasteiger partial charge is 0.352 e. The zero-order valence-corrected chi connectivity index (χ0v) is 11.3. The van der Waals surface area contributed by atoms with Gasteiger partial charge in [-0.05, 0) is 25.1 Å². The first kappa shape index (κ1) is 14.6. The zero-order chi connectivity index (χ0) is 13.8. The van der Waals surface area contributed by atoms with Gasteiger partial charge in [0, 0.05) is 19.2 Å². The second kappa shape index (κ2) is 5.94. The first-order valence-electron chi connectivity index (χ1n) is 5.34. The van der Waals surface area contributed by atoms with Crippen molar-refractivity contribution in [2.24, 2.45) is 0 Å². The number of nitrogens with one attached hydrogen (secondary N) is 1. The molecular weight excluding hydrogens is 256 g/mol. The third kappa shape index (κ3) is 3.06. The lowest BCUT2D eigenvalue weighted by atomic mass is 10.2. The number of benzene rings is 1. The van der Waals surface area contributed by atoms with Crippen molar-refractivity contribution in [2.45, 2.75) is 11.8 Å². The van der Waals surface area contributed by atoms with Crippen LogP contribution in [0.2, 0.25) is 0 Å². The fourth-order valence-corrected chi connectivity index (χ4v) is 2.33. The number of carbonyl (C=O) groups is 1. The van der Waals surface area contributed by atoms with Crippen molar-refractivity contribution in [3.8, 4) is 0 Å². The summed E-state index contributed by atoms with van der Waals surface area (Å²) in [6, 6.07) is 5.79. The minimum atomic E-state index is -3.73. The maximum Gasteiger partial charge on any atom is 0.264 e. The molecule has 0 atom stereocenters. The van der Waals surface area contributed by atoms with Crippen LogP contribution in [0.1, 0.15) is 17.3 Å². The topological polar surface area (TPSA) is 75.7 Å². The van der Waals surface area contributed by atoms with Crippen LogP contribution in [0.3, 0.4) is 0 Å². The van der Waals surface area contributed by atoms with Gasteiger partial charge in [0.15, 0.2) is 0 Å². The Morgan fingerprint density at radius 2 is 2.11 bits per heavy atom. The molecule has 100 valence electrons. The molecule has 0 radical (unpaired) electrons.